The Labute approximate surface area is 305 Å². The Morgan fingerprint density at radius 1 is 1.13 bits per heavy atom. The maximum absolute atomic E-state index is 13.8. The molecular weight excluding hydrogens is 713 g/mol. The number of aromatic nitrogens is 2. The quantitative estimate of drug-likeness (QED) is 0.0445. The maximum atomic E-state index is 13.8. The van der Waals surface area contributed by atoms with Gasteiger partial charge >= 0.3 is 13.1 Å². The van der Waals surface area contributed by atoms with Crippen LogP contribution in [0.3, 0.4) is 0 Å². The van der Waals surface area contributed by atoms with Gasteiger partial charge in [0.1, 0.15) is 13.0 Å². The Kier molecular flexibility index (Phi) is 19.2. The van der Waals surface area contributed by atoms with Crippen LogP contribution in [-0.2, 0) is 9.53 Å². The molecule has 0 saturated heterocycles. The lowest BCUT2D eigenvalue weighted by molar-refractivity contribution is -0.110. The number of nitrogens with one attached hydrogen (secondary N) is 1. The number of aliphatic imine (C=N–C) groups is 2. The minimum absolute atomic E-state index is 0.0396. The third-order valence-electron chi connectivity index (χ3n) is 6.23. The summed E-state index contributed by atoms with van der Waals surface area (Å²) in [6, 6.07) is 9.06. The lowest BCUT2D eigenvalue weighted by Crippen LogP contribution is -2.46. The number of hydrogen-bond acceptors (Lipinski definition) is 7. The maximum Gasteiger partial charge on any atom is 0.333 e. The highest BCUT2D eigenvalue weighted by molar-refractivity contribution is 6.33. The molecule has 0 fully saturated rings. The molecule has 2 aromatic carbocycles. The Hall–Kier alpha value is -4.90. The minimum Gasteiger partial charge on any atom is -0.382 e. The Morgan fingerprint density at radius 2 is 1.75 bits per heavy atom. The van der Waals surface area contributed by atoms with E-state index in [2.05, 4.69) is 59.9 Å². The summed E-state index contributed by atoms with van der Waals surface area (Å²) < 4.78 is 70.5. The zero-order chi connectivity index (χ0) is 39.6. The molecule has 3 N–H and O–H groups in total. The number of ether oxygens (including phenoxy) is 1. The molecule has 0 radical (unpaired) electrons. The van der Waals surface area contributed by atoms with Gasteiger partial charge < -0.3 is 15.8 Å². The van der Waals surface area contributed by atoms with Gasteiger partial charge in [-0.1, -0.05) is 57.5 Å². The molecule has 2 unspecified atom stereocenters. The number of anilines is 1. The van der Waals surface area contributed by atoms with Crippen molar-refractivity contribution in [2.75, 3.05) is 32.4 Å². The first kappa shape index (κ1) is 45.1. The second kappa shape index (κ2) is 22.1. The summed E-state index contributed by atoms with van der Waals surface area (Å²) in [7, 11) is 2.78. The molecule has 12 nitrogen and oxygen atoms in total. The predicted octanol–water partition coefficient (Wildman–Crippen LogP) is 7.19. The summed E-state index contributed by atoms with van der Waals surface area (Å²) >= 11 is 6.20. The molecule has 52 heavy (non-hydrogen) atoms. The molecule has 0 aliphatic rings. The second-order valence-corrected chi connectivity index (χ2v) is 12.8. The molecule has 286 valence electrons. The van der Waals surface area contributed by atoms with Crippen molar-refractivity contribution in [3.05, 3.63) is 71.0 Å². The van der Waals surface area contributed by atoms with E-state index in [1.165, 1.54) is 56.9 Å². The number of hydrazone groups is 1. The Bertz CT molecular complexity index is 1610. The smallest absolute Gasteiger partial charge is 0.333 e. The first-order valence-electron chi connectivity index (χ1n) is 15.5. The largest absolute Gasteiger partial charge is 0.382 e. The summed E-state index contributed by atoms with van der Waals surface area (Å²) in [6.45, 7) is 7.07. The van der Waals surface area contributed by atoms with E-state index in [4.69, 9.17) is 22.1 Å². The van der Waals surface area contributed by atoms with E-state index in [9.17, 15) is 31.5 Å². The van der Waals surface area contributed by atoms with E-state index in [0.717, 1.165) is 11.2 Å². The number of carbonyl (C=O) groups is 2. The van der Waals surface area contributed by atoms with Crippen molar-refractivity contribution in [2.24, 2.45) is 26.2 Å². The van der Waals surface area contributed by atoms with E-state index < -0.39 is 31.7 Å². The van der Waals surface area contributed by atoms with Crippen molar-refractivity contribution in [1.29, 1.82) is 0 Å². The van der Waals surface area contributed by atoms with Crippen molar-refractivity contribution >= 4 is 48.6 Å². The zero-order valence-electron chi connectivity index (χ0n) is 30.0. The molecule has 1 aromatic heterocycles. The molecular formula is C34H45ClF5N9O3. The predicted molar refractivity (Wildman–Crippen MR) is 195 cm³/mol. The fourth-order valence-corrected chi connectivity index (χ4v) is 4.12. The van der Waals surface area contributed by atoms with Crippen molar-refractivity contribution < 1.29 is 36.3 Å². The van der Waals surface area contributed by atoms with E-state index in [-0.39, 0.29) is 34.9 Å². The van der Waals surface area contributed by atoms with Crippen molar-refractivity contribution in [3.8, 4) is 11.1 Å². The summed E-state index contributed by atoms with van der Waals surface area (Å²) in [6.07, 6.45) is 3.79. The van der Waals surface area contributed by atoms with Crippen LogP contribution in [0.2, 0.25) is 5.02 Å². The number of benzene rings is 2. The SMILES string of the molecule is C=N/C=N\N(c1cc(C(COC)N(C(=O)c2ccc(-c3cnn(C(F)F)c3)cc2)C(N)=NC)ccc1Cl)C(F)F.CC(C)(C)C.CC(CF)NC=O. The Morgan fingerprint density at radius 3 is 2.19 bits per heavy atom. The van der Waals surface area contributed by atoms with Crippen molar-refractivity contribution in [3.63, 3.8) is 0 Å². The fraction of sp³-hybridized carbons (Fsp3) is 0.412. The van der Waals surface area contributed by atoms with Crippen LogP contribution >= 0.6 is 11.6 Å². The highest BCUT2D eigenvalue weighted by Crippen LogP contribution is 2.34. The number of carbonyl (C=O) groups excluding carboxylic acids is 2. The molecule has 3 rings (SSSR count). The van der Waals surface area contributed by atoms with Gasteiger partial charge in [-0.25, -0.2) is 14.1 Å². The average molecular weight is 758 g/mol. The third-order valence-corrected chi connectivity index (χ3v) is 6.55. The number of nitrogens with two attached hydrogens (primary N) is 1. The summed E-state index contributed by atoms with van der Waals surface area (Å²) in [5.74, 6) is -0.763. The van der Waals surface area contributed by atoms with Crippen LogP contribution in [0.25, 0.3) is 11.1 Å². The summed E-state index contributed by atoms with van der Waals surface area (Å²) in [5.41, 5.74) is 7.96. The van der Waals surface area contributed by atoms with E-state index in [1.807, 2.05) is 0 Å². The zero-order valence-corrected chi connectivity index (χ0v) is 30.7. The van der Waals surface area contributed by atoms with Crippen LogP contribution < -0.4 is 16.1 Å². The number of rotatable bonds is 14. The second-order valence-electron chi connectivity index (χ2n) is 12.4. The molecule has 18 heteroatoms. The number of guanidine groups is 1. The van der Waals surface area contributed by atoms with Crippen LogP contribution in [0.1, 0.15) is 63.1 Å². The van der Waals surface area contributed by atoms with Crippen molar-refractivity contribution in [1.82, 2.24) is 20.0 Å². The van der Waals surface area contributed by atoms with Gasteiger partial charge in [0.2, 0.25) is 6.41 Å². The first-order valence-corrected chi connectivity index (χ1v) is 15.9. The van der Waals surface area contributed by atoms with Gasteiger partial charge in [0.25, 0.3) is 5.91 Å². The van der Waals surface area contributed by atoms with Crippen LogP contribution in [0.4, 0.5) is 27.6 Å². The van der Waals surface area contributed by atoms with E-state index in [1.54, 1.807) is 19.1 Å². The molecule has 3 aromatic rings. The molecule has 0 aliphatic carbocycles. The van der Waals surface area contributed by atoms with Crippen molar-refractivity contribution in [2.45, 2.75) is 59.8 Å². The van der Waals surface area contributed by atoms with Gasteiger partial charge in [0, 0.05) is 31.5 Å². The number of hydrogen-bond donors (Lipinski definition) is 2. The van der Waals surface area contributed by atoms with Crippen LogP contribution in [-0.4, -0.2) is 86.0 Å². The standard InChI is InChI=1S/C25H25ClF4N8O2.C5H12.C4H8FNO/c1-32-14-35-38(24(29)30)20-10-17(8-9-19(20)26)21(13-40-3)37(25(31)33-2)22(39)16-6-4-15(5-7-16)18-11-34-36(12-18)23(27)28;1-5(2,3)4;1-4(2-5)6-3-7/h4-12,14,21,23-24H,1,13H2,2-3H3,(H2,31,33);1-4H3;3-4H,2H2,1H3,(H,6,7)/b35-14-;;. The lowest BCUT2D eigenvalue weighted by atomic mass is 10.0. The van der Waals surface area contributed by atoms with E-state index in [0.29, 0.717) is 38.2 Å². The highest BCUT2D eigenvalue weighted by Gasteiger charge is 2.31. The number of amides is 2. The molecule has 0 spiro atoms. The van der Waals surface area contributed by atoms with Crippen LogP contribution in [0.15, 0.2) is 69.9 Å². The number of alkyl halides is 5. The van der Waals surface area contributed by atoms with Gasteiger partial charge in [0.15, 0.2) is 5.96 Å². The molecule has 2 atom stereocenters. The average Bonchev–Trinajstić information content (AvgIpc) is 3.59. The van der Waals surface area contributed by atoms with Gasteiger partial charge in [0.05, 0.1) is 35.6 Å². The van der Waals surface area contributed by atoms with Gasteiger partial charge in [-0.05, 0) is 54.4 Å². The molecule has 2 amide bonds. The first-order chi connectivity index (χ1) is 24.4. The van der Waals surface area contributed by atoms with Crippen LogP contribution in [0, 0.1) is 5.41 Å². The summed E-state index contributed by atoms with van der Waals surface area (Å²) in [4.78, 5) is 31.7. The molecule has 0 bridgehead atoms. The monoisotopic (exact) mass is 757 g/mol. The Balaban J connectivity index is 0.000000967. The molecule has 1 heterocycles. The van der Waals surface area contributed by atoms with Gasteiger partial charge in [-0.3, -0.25) is 24.5 Å². The minimum atomic E-state index is -3.07. The number of halogens is 6. The molecule has 0 saturated carbocycles. The summed E-state index contributed by atoms with van der Waals surface area (Å²) in [5, 5.41) is 9.74. The van der Waals surface area contributed by atoms with E-state index >= 15 is 0 Å². The van der Waals surface area contributed by atoms with Gasteiger partial charge in [-0.15, -0.1) is 0 Å². The topological polar surface area (TPSA) is 143 Å². The molecule has 0 aliphatic heterocycles. The lowest BCUT2D eigenvalue weighted by Gasteiger charge is -2.31. The number of methoxy groups -OCH3 is 1. The van der Waals surface area contributed by atoms with Gasteiger partial charge in [-0.2, -0.15) is 27.8 Å². The third kappa shape index (κ3) is 14.8. The van der Waals surface area contributed by atoms with Crippen LogP contribution in [0.5, 0.6) is 0 Å². The fourth-order valence-electron chi connectivity index (χ4n) is 3.91. The highest BCUT2D eigenvalue weighted by atomic mass is 35.5. The normalized spacial score (nSPS) is 12.7. The number of nitrogens with zero attached hydrogens (tertiary/aromatic N) is 7.